The van der Waals surface area contributed by atoms with Crippen LogP contribution in [0, 0.1) is 0 Å². The Hall–Kier alpha value is -1.49. The predicted octanol–water partition coefficient (Wildman–Crippen LogP) is 2.68. The number of hydrogen-bond acceptors (Lipinski definition) is 4. The van der Waals surface area contributed by atoms with Crippen LogP contribution in [0.15, 0.2) is 29.2 Å². The number of nitrogens with zero attached hydrogens (tertiary/aromatic N) is 1. The van der Waals surface area contributed by atoms with Crippen LogP contribution in [0.25, 0.3) is 0 Å². The maximum Gasteiger partial charge on any atom is 0.243 e. The molecule has 0 spiro atoms. The third kappa shape index (κ3) is 2.98. The quantitative estimate of drug-likeness (QED) is 0.669. The molecule has 1 unspecified atom stereocenters. The number of benzene rings is 1. The minimum Gasteiger partial charge on any atom is -0.399 e. The number of thioether (sulfide) groups is 1. The minimum absolute atomic E-state index is 0.0343. The summed E-state index contributed by atoms with van der Waals surface area (Å²) in [5.41, 5.74) is 6.34. The van der Waals surface area contributed by atoms with Gasteiger partial charge in [-0.1, -0.05) is 13.8 Å². The van der Waals surface area contributed by atoms with E-state index in [1.54, 1.807) is 0 Å². The Kier molecular flexibility index (Phi) is 4.70. The standard InChI is InChI=1S/C15H20N2O2S/c1-3-11(4-2)17-14(18)9-13(15(17)19)20-12-7-5-10(16)6-8-12/h5-8,11,13H,3-4,9,16H2,1-2H3. The number of anilines is 1. The third-order valence-corrected chi connectivity index (χ3v) is 4.80. The number of nitrogens with two attached hydrogens (primary N) is 1. The van der Waals surface area contributed by atoms with E-state index in [1.807, 2.05) is 38.1 Å². The van der Waals surface area contributed by atoms with Crippen molar-refractivity contribution in [3.63, 3.8) is 0 Å². The molecule has 0 radical (unpaired) electrons. The molecule has 1 aromatic rings. The summed E-state index contributed by atoms with van der Waals surface area (Å²) < 4.78 is 0. The lowest BCUT2D eigenvalue weighted by Crippen LogP contribution is -2.40. The molecular formula is C15H20N2O2S. The fraction of sp³-hybridized carbons (Fsp3) is 0.467. The van der Waals surface area contributed by atoms with E-state index in [0.29, 0.717) is 12.1 Å². The van der Waals surface area contributed by atoms with E-state index in [9.17, 15) is 9.59 Å². The van der Waals surface area contributed by atoms with Crippen LogP contribution in [-0.2, 0) is 9.59 Å². The van der Waals surface area contributed by atoms with Crippen molar-refractivity contribution in [2.75, 3.05) is 5.73 Å². The van der Waals surface area contributed by atoms with E-state index in [4.69, 9.17) is 5.73 Å². The van der Waals surface area contributed by atoms with Gasteiger partial charge in [0.05, 0.1) is 5.25 Å². The van der Waals surface area contributed by atoms with Gasteiger partial charge in [0.2, 0.25) is 11.8 Å². The summed E-state index contributed by atoms with van der Waals surface area (Å²) in [6.45, 7) is 4.02. The summed E-state index contributed by atoms with van der Waals surface area (Å²) in [6, 6.07) is 7.42. The third-order valence-electron chi connectivity index (χ3n) is 3.61. The molecule has 108 valence electrons. The highest BCUT2D eigenvalue weighted by atomic mass is 32.2. The van der Waals surface area contributed by atoms with Crippen LogP contribution < -0.4 is 5.73 Å². The number of rotatable bonds is 5. The molecule has 2 N–H and O–H groups in total. The van der Waals surface area contributed by atoms with Gasteiger partial charge < -0.3 is 5.73 Å². The summed E-state index contributed by atoms with van der Waals surface area (Å²) in [5, 5.41) is -0.299. The maximum atomic E-state index is 12.4. The fourth-order valence-electron chi connectivity index (χ4n) is 2.46. The summed E-state index contributed by atoms with van der Waals surface area (Å²) in [7, 11) is 0. The molecule has 1 fully saturated rings. The van der Waals surface area contributed by atoms with Crippen LogP contribution in [0.4, 0.5) is 5.69 Å². The van der Waals surface area contributed by atoms with Crippen LogP contribution in [0.3, 0.4) is 0 Å². The second-order valence-corrected chi connectivity index (χ2v) is 6.23. The van der Waals surface area contributed by atoms with Gasteiger partial charge in [-0.05, 0) is 37.1 Å². The van der Waals surface area contributed by atoms with E-state index in [1.165, 1.54) is 16.7 Å². The van der Waals surface area contributed by atoms with Crippen LogP contribution in [0.2, 0.25) is 0 Å². The number of carbonyl (C=O) groups excluding carboxylic acids is 2. The molecule has 4 nitrogen and oxygen atoms in total. The largest absolute Gasteiger partial charge is 0.399 e. The van der Waals surface area contributed by atoms with Gasteiger partial charge in [-0.25, -0.2) is 0 Å². The van der Waals surface area contributed by atoms with E-state index < -0.39 is 0 Å². The van der Waals surface area contributed by atoms with Gasteiger partial charge in [-0.15, -0.1) is 11.8 Å². The Balaban J connectivity index is 2.09. The highest BCUT2D eigenvalue weighted by Crippen LogP contribution is 2.33. The Bertz CT molecular complexity index is 497. The van der Waals surface area contributed by atoms with Gasteiger partial charge in [-0.3, -0.25) is 14.5 Å². The summed E-state index contributed by atoms with van der Waals surface area (Å²) in [4.78, 5) is 26.9. The zero-order valence-electron chi connectivity index (χ0n) is 11.8. The maximum absolute atomic E-state index is 12.4. The Labute approximate surface area is 123 Å². The van der Waals surface area contributed by atoms with E-state index in [0.717, 1.165) is 17.7 Å². The first-order valence-corrected chi connectivity index (χ1v) is 7.82. The molecule has 1 aromatic carbocycles. The second kappa shape index (κ2) is 6.31. The Morgan fingerprint density at radius 3 is 2.40 bits per heavy atom. The van der Waals surface area contributed by atoms with Gasteiger partial charge in [0.1, 0.15) is 0 Å². The lowest BCUT2D eigenvalue weighted by Gasteiger charge is -2.24. The highest BCUT2D eigenvalue weighted by Gasteiger charge is 2.41. The van der Waals surface area contributed by atoms with Crippen molar-refractivity contribution in [1.82, 2.24) is 4.90 Å². The van der Waals surface area contributed by atoms with Gasteiger partial charge in [0.15, 0.2) is 0 Å². The molecule has 1 heterocycles. The number of likely N-dealkylation sites (tertiary alicyclic amines) is 1. The average molecular weight is 292 g/mol. The molecule has 1 aliphatic rings. The number of nitrogen functional groups attached to an aromatic ring is 1. The summed E-state index contributed by atoms with van der Waals surface area (Å²) in [5.74, 6) is -0.0952. The van der Waals surface area contributed by atoms with Crippen molar-refractivity contribution in [3.05, 3.63) is 24.3 Å². The number of imide groups is 1. The molecule has 20 heavy (non-hydrogen) atoms. The van der Waals surface area contributed by atoms with Crippen molar-refractivity contribution in [2.45, 2.75) is 49.3 Å². The molecule has 5 heteroatoms. The van der Waals surface area contributed by atoms with Crippen molar-refractivity contribution in [1.29, 1.82) is 0 Å². The van der Waals surface area contributed by atoms with E-state index >= 15 is 0 Å². The lowest BCUT2D eigenvalue weighted by atomic mass is 10.1. The van der Waals surface area contributed by atoms with Crippen molar-refractivity contribution in [3.8, 4) is 0 Å². The normalized spacial score (nSPS) is 19.1. The van der Waals surface area contributed by atoms with Gasteiger partial charge in [-0.2, -0.15) is 0 Å². The van der Waals surface area contributed by atoms with Crippen molar-refractivity contribution >= 4 is 29.3 Å². The first-order chi connectivity index (χ1) is 9.56. The number of carbonyl (C=O) groups is 2. The number of amides is 2. The average Bonchev–Trinajstić information content (AvgIpc) is 2.71. The molecule has 1 aliphatic heterocycles. The molecule has 2 rings (SSSR count). The molecule has 0 aromatic heterocycles. The lowest BCUT2D eigenvalue weighted by molar-refractivity contribution is -0.141. The zero-order valence-corrected chi connectivity index (χ0v) is 12.7. The Morgan fingerprint density at radius 1 is 1.25 bits per heavy atom. The minimum atomic E-state index is -0.299. The molecule has 2 amide bonds. The highest BCUT2D eigenvalue weighted by molar-refractivity contribution is 8.00. The second-order valence-electron chi connectivity index (χ2n) is 4.95. The summed E-state index contributed by atoms with van der Waals surface area (Å²) in [6.07, 6.45) is 1.92. The van der Waals surface area contributed by atoms with Gasteiger partial charge in [0.25, 0.3) is 0 Å². The van der Waals surface area contributed by atoms with Crippen molar-refractivity contribution in [2.24, 2.45) is 0 Å². The fourth-order valence-corrected chi connectivity index (χ4v) is 3.52. The first-order valence-electron chi connectivity index (χ1n) is 6.94. The molecule has 0 saturated carbocycles. The number of hydrogen-bond donors (Lipinski definition) is 1. The van der Waals surface area contributed by atoms with E-state index in [-0.39, 0.29) is 23.1 Å². The molecule has 1 atom stereocenters. The van der Waals surface area contributed by atoms with Crippen molar-refractivity contribution < 1.29 is 9.59 Å². The predicted molar refractivity (Wildman–Crippen MR) is 81.3 cm³/mol. The molecule has 1 saturated heterocycles. The van der Waals surface area contributed by atoms with Crippen LogP contribution in [0.5, 0.6) is 0 Å². The van der Waals surface area contributed by atoms with Crippen LogP contribution in [0.1, 0.15) is 33.1 Å². The Morgan fingerprint density at radius 2 is 1.85 bits per heavy atom. The molecule has 0 aliphatic carbocycles. The summed E-state index contributed by atoms with van der Waals surface area (Å²) >= 11 is 1.45. The first kappa shape index (κ1) is 14.9. The SMILES string of the molecule is CCC(CC)N1C(=O)CC(Sc2ccc(N)cc2)C1=O. The molecular weight excluding hydrogens is 272 g/mol. The topological polar surface area (TPSA) is 63.4 Å². The molecule has 0 bridgehead atoms. The van der Waals surface area contributed by atoms with Gasteiger partial charge in [0, 0.05) is 23.0 Å². The monoisotopic (exact) mass is 292 g/mol. The zero-order chi connectivity index (χ0) is 14.7. The smallest absolute Gasteiger partial charge is 0.243 e. The van der Waals surface area contributed by atoms with Gasteiger partial charge >= 0.3 is 0 Å². The van der Waals surface area contributed by atoms with Crippen LogP contribution >= 0.6 is 11.8 Å². The van der Waals surface area contributed by atoms with E-state index in [2.05, 4.69) is 0 Å². The van der Waals surface area contributed by atoms with Crippen LogP contribution in [-0.4, -0.2) is 28.0 Å².